The number of hydrogen-bond acceptors (Lipinski definition) is 2. The minimum absolute atomic E-state index is 0.342. The van der Waals surface area contributed by atoms with Crippen LogP contribution in [0.4, 0.5) is 0 Å². The molecule has 0 atom stereocenters. The molecule has 15 heavy (non-hydrogen) atoms. The molecule has 1 fully saturated rings. The molecule has 1 heterocycles. The fraction of sp³-hybridized carbons (Fsp3) is 0.417. The van der Waals surface area contributed by atoms with Crippen LogP contribution in [0, 0.1) is 5.41 Å². The van der Waals surface area contributed by atoms with E-state index in [2.05, 4.69) is 28.0 Å². The Hall–Kier alpha value is -1.35. The molecule has 3 nitrogen and oxygen atoms in total. The summed E-state index contributed by atoms with van der Waals surface area (Å²) in [5.41, 5.74) is 7.35. The number of hydrogen-bond donors (Lipinski definition) is 1. The molecule has 2 aromatic rings. The summed E-state index contributed by atoms with van der Waals surface area (Å²) >= 11 is 0. The van der Waals surface area contributed by atoms with Crippen molar-refractivity contribution in [3.8, 4) is 0 Å². The second kappa shape index (κ2) is 3.07. The van der Waals surface area contributed by atoms with E-state index in [9.17, 15) is 0 Å². The molecule has 0 radical (unpaired) electrons. The molecule has 1 aliphatic carbocycles. The van der Waals surface area contributed by atoms with Gasteiger partial charge in [-0.3, -0.25) is 4.68 Å². The third-order valence-corrected chi connectivity index (χ3v) is 3.43. The highest BCUT2D eigenvalue weighted by Gasteiger charge is 2.41. The number of rotatable bonds is 3. The van der Waals surface area contributed by atoms with E-state index in [0.717, 1.165) is 13.1 Å². The molecule has 0 spiro atoms. The van der Waals surface area contributed by atoms with E-state index >= 15 is 0 Å². The molecule has 0 aliphatic heterocycles. The minimum Gasteiger partial charge on any atom is -0.330 e. The molecule has 0 saturated heterocycles. The molecule has 1 aromatic heterocycles. The predicted octanol–water partition coefficient (Wildman–Crippen LogP) is 1.78. The van der Waals surface area contributed by atoms with Crippen LogP contribution in [0.25, 0.3) is 10.9 Å². The highest BCUT2D eigenvalue weighted by molar-refractivity contribution is 5.78. The quantitative estimate of drug-likeness (QED) is 0.822. The molecule has 1 aliphatic rings. The lowest BCUT2D eigenvalue weighted by Crippen LogP contribution is -2.21. The van der Waals surface area contributed by atoms with E-state index in [1.54, 1.807) is 0 Å². The smallest absolute Gasteiger partial charge is 0.0682 e. The highest BCUT2D eigenvalue weighted by atomic mass is 15.3. The summed E-state index contributed by atoms with van der Waals surface area (Å²) in [7, 11) is 0. The molecule has 0 bridgehead atoms. The standard InChI is InChI=1S/C12H15N3/c13-8-12(5-6-12)9-15-11-4-2-1-3-10(11)7-14-15/h1-4,7H,5-6,8-9,13H2. The Balaban J connectivity index is 1.98. The molecular formula is C12H15N3. The Labute approximate surface area is 88.9 Å². The van der Waals surface area contributed by atoms with Gasteiger partial charge in [0, 0.05) is 17.3 Å². The Morgan fingerprint density at radius 1 is 1.33 bits per heavy atom. The van der Waals surface area contributed by atoms with E-state index < -0.39 is 0 Å². The zero-order valence-corrected chi connectivity index (χ0v) is 8.69. The van der Waals surface area contributed by atoms with E-state index in [4.69, 9.17) is 5.73 Å². The normalized spacial score (nSPS) is 18.2. The van der Waals surface area contributed by atoms with Crippen molar-refractivity contribution in [1.82, 2.24) is 9.78 Å². The fourth-order valence-corrected chi connectivity index (χ4v) is 2.07. The van der Waals surface area contributed by atoms with Gasteiger partial charge in [-0.05, 0) is 25.5 Å². The van der Waals surface area contributed by atoms with Crippen LogP contribution in [0.15, 0.2) is 30.5 Å². The molecule has 1 saturated carbocycles. The van der Waals surface area contributed by atoms with Crippen LogP contribution >= 0.6 is 0 Å². The first-order chi connectivity index (χ1) is 7.33. The van der Waals surface area contributed by atoms with E-state index in [0.29, 0.717) is 5.41 Å². The fourth-order valence-electron chi connectivity index (χ4n) is 2.07. The lowest BCUT2D eigenvalue weighted by Gasteiger charge is -2.12. The number of nitrogens with zero attached hydrogens (tertiary/aromatic N) is 2. The lowest BCUT2D eigenvalue weighted by atomic mass is 10.1. The maximum atomic E-state index is 5.79. The average molecular weight is 201 g/mol. The molecule has 3 rings (SSSR count). The Kier molecular flexibility index (Phi) is 1.83. The van der Waals surface area contributed by atoms with Crippen molar-refractivity contribution >= 4 is 10.9 Å². The van der Waals surface area contributed by atoms with Gasteiger partial charge in [0.1, 0.15) is 0 Å². The van der Waals surface area contributed by atoms with Gasteiger partial charge in [0.15, 0.2) is 0 Å². The van der Waals surface area contributed by atoms with Gasteiger partial charge in [0.05, 0.1) is 11.7 Å². The van der Waals surface area contributed by atoms with Gasteiger partial charge >= 0.3 is 0 Å². The zero-order chi connectivity index (χ0) is 10.3. The van der Waals surface area contributed by atoms with Crippen molar-refractivity contribution in [2.45, 2.75) is 19.4 Å². The van der Waals surface area contributed by atoms with Crippen LogP contribution in [0.1, 0.15) is 12.8 Å². The number of fused-ring (bicyclic) bond motifs is 1. The maximum absolute atomic E-state index is 5.79. The summed E-state index contributed by atoms with van der Waals surface area (Å²) in [5, 5.41) is 5.64. The number of aromatic nitrogens is 2. The first-order valence-electron chi connectivity index (χ1n) is 5.44. The summed E-state index contributed by atoms with van der Waals surface area (Å²) in [4.78, 5) is 0. The molecule has 0 unspecified atom stereocenters. The Morgan fingerprint density at radius 2 is 2.13 bits per heavy atom. The van der Waals surface area contributed by atoms with E-state index in [1.165, 1.54) is 23.7 Å². The van der Waals surface area contributed by atoms with Gasteiger partial charge in [-0.25, -0.2) is 0 Å². The minimum atomic E-state index is 0.342. The van der Waals surface area contributed by atoms with Crippen LogP contribution in [0.3, 0.4) is 0 Å². The Morgan fingerprint density at radius 3 is 2.87 bits per heavy atom. The van der Waals surface area contributed by atoms with Crippen molar-refractivity contribution < 1.29 is 0 Å². The van der Waals surface area contributed by atoms with Crippen molar-refractivity contribution in [3.63, 3.8) is 0 Å². The van der Waals surface area contributed by atoms with Crippen LogP contribution < -0.4 is 5.73 Å². The second-order valence-electron chi connectivity index (χ2n) is 4.57. The number of benzene rings is 1. The summed E-state index contributed by atoms with van der Waals surface area (Å²) in [5.74, 6) is 0. The maximum Gasteiger partial charge on any atom is 0.0682 e. The van der Waals surface area contributed by atoms with Crippen molar-refractivity contribution in [1.29, 1.82) is 0 Å². The molecule has 0 amide bonds. The van der Waals surface area contributed by atoms with Crippen molar-refractivity contribution in [2.24, 2.45) is 11.1 Å². The number of para-hydroxylation sites is 1. The average Bonchev–Trinajstić information content (AvgIpc) is 2.95. The molecule has 3 heteroatoms. The second-order valence-corrected chi connectivity index (χ2v) is 4.57. The van der Waals surface area contributed by atoms with E-state index in [1.807, 2.05) is 12.3 Å². The topological polar surface area (TPSA) is 43.8 Å². The van der Waals surface area contributed by atoms with Crippen LogP contribution in [0.2, 0.25) is 0 Å². The van der Waals surface area contributed by atoms with Crippen molar-refractivity contribution in [2.75, 3.05) is 6.54 Å². The lowest BCUT2D eigenvalue weighted by molar-refractivity contribution is 0.415. The zero-order valence-electron chi connectivity index (χ0n) is 8.69. The highest BCUT2D eigenvalue weighted by Crippen LogP contribution is 2.46. The summed E-state index contributed by atoms with van der Waals surface area (Å²) in [6, 6.07) is 8.32. The first-order valence-corrected chi connectivity index (χ1v) is 5.44. The van der Waals surface area contributed by atoms with Gasteiger partial charge in [0.2, 0.25) is 0 Å². The molecule has 1 aromatic carbocycles. The monoisotopic (exact) mass is 201 g/mol. The van der Waals surface area contributed by atoms with Gasteiger partial charge in [-0.2, -0.15) is 5.10 Å². The Bertz CT molecular complexity index is 482. The third-order valence-electron chi connectivity index (χ3n) is 3.43. The summed E-state index contributed by atoms with van der Waals surface area (Å²) in [6.07, 6.45) is 4.43. The first kappa shape index (κ1) is 8.92. The predicted molar refractivity (Wildman–Crippen MR) is 60.5 cm³/mol. The number of nitrogens with two attached hydrogens (primary N) is 1. The SMILES string of the molecule is NCC1(Cn2ncc3ccccc32)CC1. The van der Waals surface area contributed by atoms with Gasteiger partial charge in [0.25, 0.3) is 0 Å². The van der Waals surface area contributed by atoms with Crippen molar-refractivity contribution in [3.05, 3.63) is 30.5 Å². The molecule has 2 N–H and O–H groups in total. The largest absolute Gasteiger partial charge is 0.330 e. The van der Waals surface area contributed by atoms with Gasteiger partial charge in [-0.1, -0.05) is 18.2 Å². The molecular weight excluding hydrogens is 186 g/mol. The van der Waals surface area contributed by atoms with E-state index in [-0.39, 0.29) is 0 Å². The van der Waals surface area contributed by atoms with Gasteiger partial charge < -0.3 is 5.73 Å². The van der Waals surface area contributed by atoms with Crippen LogP contribution in [-0.4, -0.2) is 16.3 Å². The third kappa shape index (κ3) is 1.43. The summed E-state index contributed by atoms with van der Waals surface area (Å²) < 4.78 is 2.09. The summed E-state index contributed by atoms with van der Waals surface area (Å²) in [6.45, 7) is 1.75. The van der Waals surface area contributed by atoms with Crippen LogP contribution in [-0.2, 0) is 6.54 Å². The molecule has 78 valence electrons. The van der Waals surface area contributed by atoms with Crippen LogP contribution in [0.5, 0.6) is 0 Å². The van der Waals surface area contributed by atoms with Gasteiger partial charge in [-0.15, -0.1) is 0 Å².